The van der Waals surface area contributed by atoms with Gasteiger partial charge in [0, 0.05) is 6.54 Å². The highest BCUT2D eigenvalue weighted by Gasteiger charge is 2.30. The molecule has 7 nitrogen and oxygen atoms in total. The van der Waals surface area contributed by atoms with E-state index in [4.69, 9.17) is 9.52 Å². The Morgan fingerprint density at radius 1 is 0.850 bits per heavy atom. The number of aromatic nitrogens is 1. The van der Waals surface area contributed by atoms with E-state index in [0.717, 1.165) is 17.7 Å². The maximum atomic E-state index is 13.5. The molecule has 0 saturated heterocycles. The molecule has 0 saturated carbocycles. The van der Waals surface area contributed by atoms with E-state index in [-0.39, 0.29) is 35.3 Å². The number of oxazole rings is 1. The van der Waals surface area contributed by atoms with Crippen LogP contribution in [0.25, 0.3) is 22.2 Å². The molecule has 1 heterocycles. The highest BCUT2D eigenvalue weighted by atomic mass is 19.4. The van der Waals surface area contributed by atoms with Crippen molar-refractivity contribution < 1.29 is 32.3 Å². The average Bonchev–Trinajstić information content (AvgIpc) is 3.26. The third-order valence-electron chi connectivity index (χ3n) is 6.39. The third-order valence-corrected chi connectivity index (χ3v) is 6.39. The van der Waals surface area contributed by atoms with Crippen LogP contribution in [0.5, 0.6) is 0 Å². The number of amides is 1. The van der Waals surface area contributed by atoms with Crippen LogP contribution in [-0.4, -0.2) is 21.6 Å². The Morgan fingerprint density at radius 2 is 1.50 bits per heavy atom. The number of hydrogen-bond donors (Lipinski definition) is 2. The SMILES string of the molecule is O=C(O)c1ccc(CNC(=O)c2cc(-c3ccccc3)cc3oc(=O)n(Cc4ccc(C(F)(F)F)cc4)c23)cc1. The average molecular weight is 547 g/mol. The minimum Gasteiger partial charge on any atom is -0.478 e. The van der Waals surface area contributed by atoms with Crippen LogP contribution in [0, 0.1) is 0 Å². The molecule has 4 aromatic carbocycles. The van der Waals surface area contributed by atoms with Crippen LogP contribution >= 0.6 is 0 Å². The number of alkyl halides is 3. The predicted octanol–water partition coefficient (Wildman–Crippen LogP) is 5.96. The number of carbonyl (C=O) groups is 2. The van der Waals surface area contributed by atoms with Gasteiger partial charge in [0.1, 0.15) is 5.52 Å². The van der Waals surface area contributed by atoms with Gasteiger partial charge >= 0.3 is 17.9 Å². The lowest BCUT2D eigenvalue weighted by Gasteiger charge is -2.12. The van der Waals surface area contributed by atoms with Crippen LogP contribution in [-0.2, 0) is 19.3 Å². The molecular weight excluding hydrogens is 525 g/mol. The smallest absolute Gasteiger partial charge is 0.420 e. The lowest BCUT2D eigenvalue weighted by Crippen LogP contribution is -2.24. The van der Waals surface area contributed by atoms with E-state index in [9.17, 15) is 27.6 Å². The van der Waals surface area contributed by atoms with Gasteiger partial charge in [0.2, 0.25) is 0 Å². The monoisotopic (exact) mass is 546 g/mol. The number of carboxylic acids is 1. The molecule has 0 aliphatic carbocycles. The summed E-state index contributed by atoms with van der Waals surface area (Å²) in [4.78, 5) is 37.5. The number of hydrogen-bond acceptors (Lipinski definition) is 4. The van der Waals surface area contributed by atoms with Gasteiger partial charge in [-0.05, 0) is 58.7 Å². The Bertz CT molecular complexity index is 1750. The van der Waals surface area contributed by atoms with Crippen molar-refractivity contribution in [2.24, 2.45) is 0 Å². The summed E-state index contributed by atoms with van der Waals surface area (Å²) in [5.41, 5.74) is 2.25. The fourth-order valence-corrected chi connectivity index (χ4v) is 4.34. The van der Waals surface area contributed by atoms with E-state index in [1.165, 1.54) is 28.8 Å². The molecule has 1 aromatic heterocycles. The molecule has 202 valence electrons. The van der Waals surface area contributed by atoms with Gasteiger partial charge in [-0.25, -0.2) is 9.59 Å². The van der Waals surface area contributed by atoms with Gasteiger partial charge in [-0.15, -0.1) is 0 Å². The van der Waals surface area contributed by atoms with Gasteiger partial charge in [-0.3, -0.25) is 9.36 Å². The maximum absolute atomic E-state index is 13.5. The topological polar surface area (TPSA) is 102 Å². The number of rotatable bonds is 7. The zero-order valence-electron chi connectivity index (χ0n) is 20.7. The van der Waals surface area contributed by atoms with Gasteiger partial charge in [0.25, 0.3) is 5.91 Å². The van der Waals surface area contributed by atoms with Crippen LogP contribution in [0.4, 0.5) is 13.2 Å². The second kappa shape index (κ2) is 10.6. The van der Waals surface area contributed by atoms with Crippen LogP contribution in [0.2, 0.25) is 0 Å². The van der Waals surface area contributed by atoms with E-state index < -0.39 is 29.4 Å². The number of carbonyl (C=O) groups excluding carboxylic acids is 1. The fourth-order valence-electron chi connectivity index (χ4n) is 4.34. The second-order valence-electron chi connectivity index (χ2n) is 9.07. The summed E-state index contributed by atoms with van der Waals surface area (Å²) in [5.74, 6) is -2.35. The molecule has 0 aliphatic heterocycles. The predicted molar refractivity (Wildman–Crippen MR) is 141 cm³/mol. The summed E-state index contributed by atoms with van der Waals surface area (Å²) >= 11 is 0. The largest absolute Gasteiger partial charge is 0.478 e. The zero-order chi connectivity index (χ0) is 28.4. The molecule has 0 fully saturated rings. The van der Waals surface area contributed by atoms with Crippen molar-refractivity contribution in [3.05, 3.63) is 129 Å². The van der Waals surface area contributed by atoms with Crippen molar-refractivity contribution in [1.82, 2.24) is 9.88 Å². The Morgan fingerprint density at radius 3 is 2.12 bits per heavy atom. The minimum atomic E-state index is -4.50. The Labute approximate surface area is 225 Å². The molecule has 0 radical (unpaired) electrons. The van der Waals surface area contributed by atoms with E-state index in [1.807, 2.05) is 30.3 Å². The summed E-state index contributed by atoms with van der Waals surface area (Å²) < 4.78 is 45.7. The van der Waals surface area contributed by atoms with E-state index in [0.29, 0.717) is 16.7 Å². The number of nitrogens with zero attached hydrogens (tertiary/aromatic N) is 1. The molecule has 0 unspecified atom stereocenters. The molecule has 1 amide bonds. The molecule has 5 rings (SSSR count). The first kappa shape index (κ1) is 26.5. The maximum Gasteiger partial charge on any atom is 0.420 e. The van der Waals surface area contributed by atoms with E-state index in [1.54, 1.807) is 24.3 Å². The molecule has 2 N–H and O–H groups in total. The first-order valence-corrected chi connectivity index (χ1v) is 12.1. The number of halogens is 3. The first-order valence-electron chi connectivity index (χ1n) is 12.1. The van der Waals surface area contributed by atoms with Crippen LogP contribution < -0.4 is 11.1 Å². The molecule has 0 aliphatic rings. The number of nitrogens with one attached hydrogen (secondary N) is 1. The minimum absolute atomic E-state index is 0.0801. The first-order chi connectivity index (χ1) is 19.1. The normalized spacial score (nSPS) is 11.5. The number of aromatic carboxylic acids is 1. The molecule has 40 heavy (non-hydrogen) atoms. The van der Waals surface area contributed by atoms with Crippen molar-refractivity contribution in [2.45, 2.75) is 19.3 Å². The molecule has 5 aromatic rings. The molecule has 0 atom stereocenters. The van der Waals surface area contributed by atoms with Crippen molar-refractivity contribution in [1.29, 1.82) is 0 Å². The van der Waals surface area contributed by atoms with Crippen LogP contribution in [0.1, 0.15) is 37.4 Å². The van der Waals surface area contributed by atoms with Crippen molar-refractivity contribution in [3.63, 3.8) is 0 Å². The van der Waals surface area contributed by atoms with Crippen molar-refractivity contribution in [2.75, 3.05) is 0 Å². The van der Waals surface area contributed by atoms with Gasteiger partial charge in [0.05, 0.1) is 23.2 Å². The number of carboxylic acid groups (broad SMARTS) is 1. The highest BCUT2D eigenvalue weighted by Crippen LogP contribution is 2.30. The fraction of sp³-hybridized carbons (Fsp3) is 0.100. The van der Waals surface area contributed by atoms with E-state index in [2.05, 4.69) is 5.32 Å². The van der Waals surface area contributed by atoms with Gasteiger partial charge in [0.15, 0.2) is 5.58 Å². The summed E-state index contributed by atoms with van der Waals surface area (Å²) in [6, 6.07) is 22.8. The lowest BCUT2D eigenvalue weighted by atomic mass is 10.0. The molecule has 0 bridgehead atoms. The molecule has 10 heteroatoms. The second-order valence-corrected chi connectivity index (χ2v) is 9.07. The van der Waals surface area contributed by atoms with Gasteiger partial charge in [-0.2, -0.15) is 13.2 Å². The Balaban J connectivity index is 1.53. The van der Waals surface area contributed by atoms with E-state index >= 15 is 0 Å². The standard InChI is InChI=1S/C30H21F3N2O5/c31-30(32,33)23-12-8-19(9-13-23)17-35-26-24(27(36)34-16-18-6-10-21(11-7-18)28(37)38)14-22(15-25(26)40-29(35)39)20-4-2-1-3-5-20/h1-15H,16-17H2,(H,34,36)(H,37,38). The Hall–Kier alpha value is -5.12. The summed E-state index contributed by atoms with van der Waals surface area (Å²) in [7, 11) is 0. The molecular formula is C30H21F3N2O5. The lowest BCUT2D eigenvalue weighted by molar-refractivity contribution is -0.137. The highest BCUT2D eigenvalue weighted by molar-refractivity contribution is 6.06. The summed E-state index contributed by atoms with van der Waals surface area (Å²) in [6.45, 7) is -0.0393. The van der Waals surface area contributed by atoms with Crippen LogP contribution in [0.3, 0.4) is 0 Å². The van der Waals surface area contributed by atoms with Crippen LogP contribution in [0.15, 0.2) is 100 Å². The Kier molecular flexibility index (Phi) is 7.00. The zero-order valence-corrected chi connectivity index (χ0v) is 20.7. The number of benzene rings is 4. The quantitative estimate of drug-likeness (QED) is 0.263. The van der Waals surface area contributed by atoms with Crippen molar-refractivity contribution in [3.8, 4) is 11.1 Å². The van der Waals surface area contributed by atoms with Crippen molar-refractivity contribution >= 4 is 23.0 Å². The summed E-state index contributed by atoms with van der Waals surface area (Å²) in [5, 5.41) is 11.9. The third kappa shape index (κ3) is 5.51. The summed E-state index contributed by atoms with van der Waals surface area (Å²) in [6.07, 6.45) is -4.50. The molecule has 0 spiro atoms. The van der Waals surface area contributed by atoms with Gasteiger partial charge < -0.3 is 14.8 Å². The number of fused-ring (bicyclic) bond motifs is 1. The van der Waals surface area contributed by atoms with Gasteiger partial charge in [-0.1, -0.05) is 54.6 Å².